The van der Waals surface area contributed by atoms with E-state index in [4.69, 9.17) is 4.74 Å². The van der Waals surface area contributed by atoms with E-state index >= 15 is 0 Å². The van der Waals surface area contributed by atoms with E-state index in [0.29, 0.717) is 0 Å². The van der Waals surface area contributed by atoms with Gasteiger partial charge in [0.05, 0.1) is 12.8 Å². The lowest BCUT2D eigenvalue weighted by molar-refractivity contribution is 0.0674. The molecule has 0 saturated carbocycles. The normalized spacial score (nSPS) is 12.7. The standard InChI is InChI=1S/C15H25NO2/c1-14(2,10-15(3,4)11-18-5)8-12-6-7-13(17)9-16-12/h6-7,9,17H,8,10-11H2,1-5H3. The predicted molar refractivity (Wildman–Crippen MR) is 73.7 cm³/mol. The van der Waals surface area contributed by atoms with Crippen LogP contribution in [0.2, 0.25) is 0 Å². The first-order valence-electron chi connectivity index (χ1n) is 6.37. The molecule has 0 atom stereocenters. The van der Waals surface area contributed by atoms with Gasteiger partial charge in [-0.25, -0.2) is 0 Å². The first kappa shape index (κ1) is 15.0. The van der Waals surface area contributed by atoms with Gasteiger partial charge in [-0.2, -0.15) is 0 Å². The molecule has 3 heteroatoms. The molecule has 1 aromatic heterocycles. The molecule has 0 aliphatic carbocycles. The van der Waals surface area contributed by atoms with Gasteiger partial charge in [0, 0.05) is 12.8 Å². The molecule has 1 heterocycles. The fourth-order valence-electron chi connectivity index (χ4n) is 2.81. The Labute approximate surface area is 110 Å². The van der Waals surface area contributed by atoms with Gasteiger partial charge in [-0.3, -0.25) is 4.98 Å². The van der Waals surface area contributed by atoms with Crippen LogP contribution in [0, 0.1) is 10.8 Å². The minimum atomic E-state index is 0.159. The highest BCUT2D eigenvalue weighted by Crippen LogP contribution is 2.36. The van der Waals surface area contributed by atoms with Gasteiger partial charge in [0.2, 0.25) is 0 Å². The van der Waals surface area contributed by atoms with Crippen molar-refractivity contribution < 1.29 is 9.84 Å². The lowest BCUT2D eigenvalue weighted by Gasteiger charge is -2.34. The van der Waals surface area contributed by atoms with Gasteiger partial charge in [-0.15, -0.1) is 0 Å². The molecular weight excluding hydrogens is 226 g/mol. The Kier molecular flexibility index (Phi) is 4.74. The molecule has 102 valence electrons. The summed E-state index contributed by atoms with van der Waals surface area (Å²) in [6.07, 6.45) is 3.47. The minimum Gasteiger partial charge on any atom is -0.506 e. The van der Waals surface area contributed by atoms with Crippen LogP contribution in [0.4, 0.5) is 0 Å². The molecule has 3 nitrogen and oxygen atoms in total. The molecule has 0 radical (unpaired) electrons. The Hall–Kier alpha value is -1.09. The number of hydrogen-bond acceptors (Lipinski definition) is 3. The number of nitrogens with zero attached hydrogens (tertiary/aromatic N) is 1. The van der Waals surface area contributed by atoms with Crippen LogP contribution in [-0.4, -0.2) is 23.8 Å². The van der Waals surface area contributed by atoms with Gasteiger partial charge < -0.3 is 9.84 Å². The Bertz CT molecular complexity index is 369. The maximum absolute atomic E-state index is 9.23. The van der Waals surface area contributed by atoms with Crippen molar-refractivity contribution in [1.82, 2.24) is 4.98 Å². The summed E-state index contributed by atoms with van der Waals surface area (Å²) in [7, 11) is 1.75. The SMILES string of the molecule is COCC(C)(C)CC(C)(C)Cc1ccc(O)cn1. The van der Waals surface area contributed by atoms with E-state index in [9.17, 15) is 5.11 Å². The lowest BCUT2D eigenvalue weighted by Crippen LogP contribution is -2.28. The minimum absolute atomic E-state index is 0.159. The van der Waals surface area contributed by atoms with Gasteiger partial charge in [0.15, 0.2) is 0 Å². The molecule has 0 aliphatic heterocycles. The number of pyridine rings is 1. The molecule has 0 saturated heterocycles. The maximum atomic E-state index is 9.23. The summed E-state index contributed by atoms with van der Waals surface area (Å²) in [5, 5.41) is 9.23. The van der Waals surface area contributed by atoms with Crippen molar-refractivity contribution in [2.45, 2.75) is 40.5 Å². The van der Waals surface area contributed by atoms with Crippen LogP contribution < -0.4 is 0 Å². The highest BCUT2D eigenvalue weighted by molar-refractivity contribution is 5.18. The van der Waals surface area contributed by atoms with Crippen LogP contribution in [0.5, 0.6) is 5.75 Å². The van der Waals surface area contributed by atoms with Crippen molar-refractivity contribution in [3.63, 3.8) is 0 Å². The van der Waals surface area contributed by atoms with Crippen molar-refractivity contribution in [2.24, 2.45) is 10.8 Å². The summed E-state index contributed by atoms with van der Waals surface area (Å²) < 4.78 is 5.27. The monoisotopic (exact) mass is 251 g/mol. The number of ether oxygens (including phenoxy) is 1. The van der Waals surface area contributed by atoms with E-state index in [1.807, 2.05) is 6.07 Å². The van der Waals surface area contributed by atoms with Crippen molar-refractivity contribution in [3.8, 4) is 5.75 Å². The summed E-state index contributed by atoms with van der Waals surface area (Å²) in [5.74, 6) is 0.219. The highest BCUT2D eigenvalue weighted by atomic mass is 16.5. The molecule has 0 aromatic carbocycles. The van der Waals surface area contributed by atoms with Gasteiger partial charge >= 0.3 is 0 Å². The third-order valence-corrected chi connectivity index (χ3v) is 2.96. The summed E-state index contributed by atoms with van der Waals surface area (Å²) in [6.45, 7) is 9.71. The third-order valence-electron chi connectivity index (χ3n) is 2.96. The average molecular weight is 251 g/mol. The van der Waals surface area contributed by atoms with Gasteiger partial charge in [0.1, 0.15) is 5.75 Å². The van der Waals surface area contributed by atoms with Gasteiger partial charge in [-0.05, 0) is 35.8 Å². The van der Waals surface area contributed by atoms with Crippen LogP contribution in [-0.2, 0) is 11.2 Å². The van der Waals surface area contributed by atoms with Crippen LogP contribution in [0.25, 0.3) is 0 Å². The first-order valence-corrected chi connectivity index (χ1v) is 6.37. The molecule has 0 aliphatic rings. The Morgan fingerprint density at radius 3 is 2.33 bits per heavy atom. The van der Waals surface area contributed by atoms with Crippen LogP contribution in [0.15, 0.2) is 18.3 Å². The molecule has 1 N–H and O–H groups in total. The Morgan fingerprint density at radius 1 is 1.17 bits per heavy atom. The zero-order valence-corrected chi connectivity index (χ0v) is 12.2. The number of aromatic hydroxyl groups is 1. The molecule has 0 amide bonds. The molecule has 0 fully saturated rings. The molecular formula is C15H25NO2. The van der Waals surface area contributed by atoms with Crippen molar-refractivity contribution in [2.75, 3.05) is 13.7 Å². The summed E-state index contributed by atoms with van der Waals surface area (Å²) in [4.78, 5) is 4.26. The zero-order valence-electron chi connectivity index (χ0n) is 12.2. The first-order chi connectivity index (χ1) is 8.24. The van der Waals surface area contributed by atoms with Crippen LogP contribution in [0.1, 0.15) is 39.8 Å². The number of hydrogen-bond donors (Lipinski definition) is 1. The average Bonchev–Trinajstić information content (AvgIpc) is 2.19. The van der Waals surface area contributed by atoms with Crippen LogP contribution >= 0.6 is 0 Å². The summed E-state index contributed by atoms with van der Waals surface area (Å²) in [6, 6.07) is 3.58. The largest absolute Gasteiger partial charge is 0.506 e. The van der Waals surface area contributed by atoms with Crippen molar-refractivity contribution >= 4 is 0 Å². The van der Waals surface area contributed by atoms with Crippen molar-refractivity contribution in [1.29, 1.82) is 0 Å². The van der Waals surface area contributed by atoms with E-state index in [-0.39, 0.29) is 16.6 Å². The van der Waals surface area contributed by atoms with E-state index < -0.39 is 0 Å². The molecule has 1 rings (SSSR count). The van der Waals surface area contributed by atoms with Crippen molar-refractivity contribution in [3.05, 3.63) is 24.0 Å². The van der Waals surface area contributed by atoms with E-state index in [1.165, 1.54) is 6.20 Å². The van der Waals surface area contributed by atoms with E-state index in [0.717, 1.165) is 25.1 Å². The second-order valence-corrected chi connectivity index (χ2v) is 6.62. The zero-order chi connectivity index (χ0) is 13.8. The van der Waals surface area contributed by atoms with E-state index in [1.54, 1.807) is 13.2 Å². The molecule has 0 unspecified atom stereocenters. The summed E-state index contributed by atoms with van der Waals surface area (Å²) >= 11 is 0. The fourth-order valence-corrected chi connectivity index (χ4v) is 2.81. The number of methoxy groups -OCH3 is 1. The number of rotatable bonds is 6. The number of aromatic nitrogens is 1. The van der Waals surface area contributed by atoms with Gasteiger partial charge in [-0.1, -0.05) is 27.7 Å². The smallest absolute Gasteiger partial charge is 0.133 e. The third kappa shape index (κ3) is 5.05. The molecule has 0 bridgehead atoms. The second kappa shape index (κ2) is 5.70. The Morgan fingerprint density at radius 2 is 1.83 bits per heavy atom. The molecule has 18 heavy (non-hydrogen) atoms. The topological polar surface area (TPSA) is 42.4 Å². The Balaban J connectivity index is 2.66. The quantitative estimate of drug-likeness (QED) is 0.842. The summed E-state index contributed by atoms with van der Waals surface area (Å²) in [5.41, 5.74) is 1.34. The fraction of sp³-hybridized carbons (Fsp3) is 0.667. The predicted octanol–water partition coefficient (Wildman–Crippen LogP) is 3.42. The molecule has 0 spiro atoms. The highest BCUT2D eigenvalue weighted by Gasteiger charge is 2.29. The second-order valence-electron chi connectivity index (χ2n) is 6.62. The molecule has 1 aromatic rings. The lowest BCUT2D eigenvalue weighted by atomic mass is 9.73. The van der Waals surface area contributed by atoms with Crippen LogP contribution in [0.3, 0.4) is 0 Å². The maximum Gasteiger partial charge on any atom is 0.133 e. The van der Waals surface area contributed by atoms with E-state index in [2.05, 4.69) is 32.7 Å². The van der Waals surface area contributed by atoms with Gasteiger partial charge in [0.25, 0.3) is 0 Å².